The first-order chi connectivity index (χ1) is 15.9. The average Bonchev–Trinajstić information content (AvgIpc) is 3.68. The van der Waals surface area contributed by atoms with E-state index in [-0.39, 0.29) is 36.5 Å². The van der Waals surface area contributed by atoms with Crippen molar-refractivity contribution in [1.82, 2.24) is 0 Å². The number of aliphatic hydroxyl groups is 2. The molecule has 0 saturated heterocycles. The van der Waals surface area contributed by atoms with Gasteiger partial charge in [0.15, 0.2) is 0 Å². The van der Waals surface area contributed by atoms with Crippen LogP contribution >= 0.6 is 11.3 Å². The molecule has 2 heterocycles. The molecule has 0 amide bonds. The Hall–Kier alpha value is -2.22. The van der Waals surface area contributed by atoms with E-state index in [1.54, 1.807) is 6.08 Å². The maximum atomic E-state index is 13.7. The number of halogens is 1. The van der Waals surface area contributed by atoms with E-state index in [4.69, 9.17) is 5.11 Å². The average molecular weight is 472 g/mol. The van der Waals surface area contributed by atoms with Crippen molar-refractivity contribution in [1.29, 1.82) is 0 Å². The predicted molar refractivity (Wildman–Crippen MR) is 126 cm³/mol. The molecule has 2 aromatic rings. The molecule has 2 fully saturated rings. The van der Waals surface area contributed by atoms with Gasteiger partial charge >= 0.3 is 5.97 Å². The first kappa shape index (κ1) is 22.6. The number of carboxylic acid groups (broad SMARTS) is 1. The van der Waals surface area contributed by atoms with Gasteiger partial charge in [-0.25, -0.2) is 4.39 Å². The lowest BCUT2D eigenvalue weighted by Gasteiger charge is -2.38. The summed E-state index contributed by atoms with van der Waals surface area (Å²) < 4.78 is 13.7. The van der Waals surface area contributed by atoms with E-state index < -0.39 is 18.2 Å². The molecule has 5 nitrogen and oxygen atoms in total. The Morgan fingerprint density at radius 3 is 2.55 bits per heavy atom. The molecule has 176 valence electrons. The Kier molecular flexibility index (Phi) is 6.29. The largest absolute Gasteiger partial charge is 0.481 e. The number of fused-ring (bicyclic) bond motifs is 1. The molecule has 3 unspecified atom stereocenters. The smallest absolute Gasteiger partial charge is 0.305 e. The SMILES string of the molecule is O=C(O)C[C@H](O)C[C@H](O)/C=C/C1C(c2ccc(F)cc2)c2cc(C3CC3)sc2NC1C1CC1. The summed E-state index contributed by atoms with van der Waals surface area (Å²) in [6.07, 6.45) is 6.09. The number of thiophene rings is 1. The summed E-state index contributed by atoms with van der Waals surface area (Å²) in [5.41, 5.74) is 2.29. The van der Waals surface area contributed by atoms with E-state index in [1.165, 1.54) is 40.4 Å². The van der Waals surface area contributed by atoms with Gasteiger partial charge in [0.1, 0.15) is 5.82 Å². The second-order valence-corrected chi connectivity index (χ2v) is 10.8. The standard InChI is InChI=1S/C26H30FNO4S/c27-17-7-5-15(6-8-17)24-20(10-9-18(29)11-19(30)12-23(31)32)25(16-3-4-16)28-26-21(24)13-22(33-26)14-1-2-14/h5-10,13-14,16,18-20,24-25,28-30H,1-4,11-12H2,(H,31,32)/b10-9+/t18-,19-,20?,24?,25?/m1/s1. The van der Waals surface area contributed by atoms with Crippen molar-refractivity contribution in [3.8, 4) is 0 Å². The van der Waals surface area contributed by atoms with Gasteiger partial charge in [0.25, 0.3) is 0 Å². The third kappa shape index (κ3) is 5.15. The molecular formula is C26H30FNO4S. The van der Waals surface area contributed by atoms with Gasteiger partial charge in [-0.1, -0.05) is 24.3 Å². The molecule has 1 aromatic heterocycles. The monoisotopic (exact) mass is 471 g/mol. The van der Waals surface area contributed by atoms with Crippen molar-refractivity contribution in [3.05, 3.63) is 64.3 Å². The highest BCUT2D eigenvalue weighted by atomic mass is 32.1. The number of carbonyl (C=O) groups is 1. The summed E-state index contributed by atoms with van der Waals surface area (Å²) in [4.78, 5) is 12.2. The van der Waals surface area contributed by atoms with Crippen molar-refractivity contribution in [2.24, 2.45) is 11.8 Å². The molecule has 2 aliphatic carbocycles. The molecular weight excluding hydrogens is 441 g/mol. The number of benzene rings is 1. The highest BCUT2D eigenvalue weighted by Crippen LogP contribution is 2.55. The number of anilines is 1. The first-order valence-electron chi connectivity index (χ1n) is 11.8. The minimum Gasteiger partial charge on any atom is -0.481 e. The summed E-state index contributed by atoms with van der Waals surface area (Å²) in [7, 11) is 0. The van der Waals surface area contributed by atoms with Gasteiger partial charge in [-0.15, -0.1) is 11.3 Å². The summed E-state index contributed by atoms with van der Waals surface area (Å²) in [6, 6.07) is 9.27. The minimum atomic E-state index is -1.09. The molecule has 3 aliphatic rings. The number of nitrogens with one attached hydrogen (secondary N) is 1. The van der Waals surface area contributed by atoms with E-state index in [1.807, 2.05) is 29.5 Å². The Labute approximate surface area is 197 Å². The van der Waals surface area contributed by atoms with Gasteiger partial charge in [-0.2, -0.15) is 0 Å². The molecule has 1 aliphatic heterocycles. The number of aliphatic carboxylic acids is 1. The van der Waals surface area contributed by atoms with Gasteiger partial charge in [-0.05, 0) is 66.8 Å². The lowest BCUT2D eigenvalue weighted by molar-refractivity contribution is -0.139. The Balaban J connectivity index is 1.47. The number of carboxylic acids is 1. The number of hydrogen-bond acceptors (Lipinski definition) is 5. The fourth-order valence-corrected chi connectivity index (χ4v) is 6.41. The zero-order chi connectivity index (χ0) is 23.1. The molecule has 0 bridgehead atoms. The minimum absolute atomic E-state index is 0.0201. The normalized spacial score (nSPS) is 26.6. The van der Waals surface area contributed by atoms with E-state index in [9.17, 15) is 19.4 Å². The summed E-state index contributed by atoms with van der Waals surface area (Å²) in [5.74, 6) is -0.0338. The number of hydrogen-bond donors (Lipinski definition) is 4. The molecule has 1 aromatic carbocycles. The fourth-order valence-electron chi connectivity index (χ4n) is 5.09. The van der Waals surface area contributed by atoms with Crippen molar-refractivity contribution < 1.29 is 24.5 Å². The van der Waals surface area contributed by atoms with Crippen molar-refractivity contribution in [2.75, 3.05) is 5.32 Å². The van der Waals surface area contributed by atoms with Crippen molar-refractivity contribution in [2.45, 2.75) is 68.6 Å². The molecule has 5 rings (SSSR count). The van der Waals surface area contributed by atoms with E-state index in [2.05, 4.69) is 11.4 Å². The Bertz CT molecular complexity index is 1030. The fraction of sp³-hybridized carbons (Fsp3) is 0.500. The molecule has 2 saturated carbocycles. The van der Waals surface area contributed by atoms with Crippen LogP contribution in [0.25, 0.3) is 0 Å². The topological polar surface area (TPSA) is 89.8 Å². The van der Waals surface area contributed by atoms with Crippen LogP contribution in [-0.2, 0) is 4.79 Å². The molecule has 7 heteroatoms. The van der Waals surface area contributed by atoms with Crippen LogP contribution in [0.2, 0.25) is 0 Å². The van der Waals surface area contributed by atoms with Crippen molar-refractivity contribution in [3.63, 3.8) is 0 Å². The van der Waals surface area contributed by atoms with E-state index in [0.29, 0.717) is 11.8 Å². The molecule has 0 radical (unpaired) electrons. The zero-order valence-corrected chi connectivity index (χ0v) is 19.2. The summed E-state index contributed by atoms with van der Waals surface area (Å²) in [6.45, 7) is 0. The molecule has 4 N–H and O–H groups in total. The van der Waals surface area contributed by atoms with Crippen LogP contribution in [0.5, 0.6) is 0 Å². The van der Waals surface area contributed by atoms with Gasteiger partial charge < -0.3 is 20.6 Å². The quantitative estimate of drug-likeness (QED) is 0.392. The third-order valence-corrected chi connectivity index (χ3v) is 8.27. The van der Waals surface area contributed by atoms with Gasteiger partial charge in [-0.3, -0.25) is 4.79 Å². The maximum absolute atomic E-state index is 13.7. The molecule has 0 spiro atoms. The Morgan fingerprint density at radius 1 is 1.18 bits per heavy atom. The van der Waals surface area contributed by atoms with Gasteiger partial charge in [0, 0.05) is 29.2 Å². The van der Waals surface area contributed by atoms with Crippen LogP contribution in [-0.4, -0.2) is 39.5 Å². The van der Waals surface area contributed by atoms with Crippen LogP contribution in [0.4, 0.5) is 9.39 Å². The second kappa shape index (κ2) is 9.20. The summed E-state index contributed by atoms with van der Waals surface area (Å²) in [5, 5.41) is 34.2. The lowest BCUT2D eigenvalue weighted by atomic mass is 9.73. The lowest BCUT2D eigenvalue weighted by Crippen LogP contribution is -2.38. The van der Waals surface area contributed by atoms with Crippen LogP contribution < -0.4 is 5.32 Å². The van der Waals surface area contributed by atoms with Crippen LogP contribution in [0.3, 0.4) is 0 Å². The van der Waals surface area contributed by atoms with E-state index in [0.717, 1.165) is 18.4 Å². The van der Waals surface area contributed by atoms with Gasteiger partial charge in [0.05, 0.1) is 23.6 Å². The molecule has 33 heavy (non-hydrogen) atoms. The highest BCUT2D eigenvalue weighted by Gasteiger charge is 2.45. The van der Waals surface area contributed by atoms with Crippen LogP contribution in [0.1, 0.15) is 66.4 Å². The first-order valence-corrected chi connectivity index (χ1v) is 12.6. The van der Waals surface area contributed by atoms with Crippen LogP contribution in [0.15, 0.2) is 42.5 Å². The number of rotatable bonds is 9. The number of aliphatic hydroxyl groups excluding tert-OH is 2. The van der Waals surface area contributed by atoms with Crippen LogP contribution in [0, 0.1) is 17.7 Å². The Morgan fingerprint density at radius 2 is 1.91 bits per heavy atom. The third-order valence-electron chi connectivity index (χ3n) is 7.03. The van der Waals surface area contributed by atoms with Gasteiger partial charge in [0.2, 0.25) is 0 Å². The second-order valence-electron chi connectivity index (χ2n) is 9.76. The van der Waals surface area contributed by atoms with Crippen molar-refractivity contribution >= 4 is 22.3 Å². The zero-order valence-electron chi connectivity index (χ0n) is 18.4. The van der Waals surface area contributed by atoms with E-state index >= 15 is 0 Å². The highest BCUT2D eigenvalue weighted by molar-refractivity contribution is 7.16. The molecule has 5 atom stereocenters. The maximum Gasteiger partial charge on any atom is 0.305 e. The summed E-state index contributed by atoms with van der Waals surface area (Å²) >= 11 is 1.85. The predicted octanol–water partition coefficient (Wildman–Crippen LogP) is 4.86.